The molecule has 0 unspecified atom stereocenters. The van der Waals surface area contributed by atoms with E-state index in [9.17, 15) is 13.2 Å². The molecule has 1 heterocycles. The molecule has 1 aromatic rings. The lowest BCUT2D eigenvalue weighted by Gasteiger charge is -2.33. The van der Waals surface area contributed by atoms with Gasteiger partial charge in [0, 0.05) is 32.1 Å². The van der Waals surface area contributed by atoms with Crippen molar-refractivity contribution in [2.45, 2.75) is 38.5 Å². The van der Waals surface area contributed by atoms with Crippen LogP contribution in [0.5, 0.6) is 0 Å². The van der Waals surface area contributed by atoms with Crippen molar-refractivity contribution in [3.8, 4) is 0 Å². The standard InChI is InChI=1S/C19H28N2O3S/c1-5-20(14-15(2)3)19(22)17-10-12-21(13-11-17)25(23,24)18-8-6-16(4)7-9-18/h6-9,17H,2,5,10-14H2,1,3-4H3. The van der Waals surface area contributed by atoms with Gasteiger partial charge < -0.3 is 4.90 Å². The van der Waals surface area contributed by atoms with Gasteiger partial charge in [-0.05, 0) is 45.7 Å². The second kappa shape index (κ2) is 8.15. The summed E-state index contributed by atoms with van der Waals surface area (Å²) in [5, 5.41) is 0. The summed E-state index contributed by atoms with van der Waals surface area (Å²) in [5.74, 6) is 0.00153. The summed E-state index contributed by atoms with van der Waals surface area (Å²) in [7, 11) is -3.48. The van der Waals surface area contributed by atoms with E-state index in [-0.39, 0.29) is 11.8 Å². The van der Waals surface area contributed by atoms with Crippen molar-refractivity contribution >= 4 is 15.9 Å². The van der Waals surface area contributed by atoms with Gasteiger partial charge in [0.15, 0.2) is 0 Å². The topological polar surface area (TPSA) is 57.7 Å². The van der Waals surface area contributed by atoms with Crippen LogP contribution in [0.4, 0.5) is 0 Å². The number of hydrogen-bond donors (Lipinski definition) is 0. The quantitative estimate of drug-likeness (QED) is 0.729. The molecule has 0 bridgehead atoms. The zero-order valence-electron chi connectivity index (χ0n) is 15.4. The molecule has 5 nitrogen and oxygen atoms in total. The number of nitrogens with zero attached hydrogens (tertiary/aromatic N) is 2. The van der Waals surface area contributed by atoms with Crippen molar-refractivity contribution in [2.24, 2.45) is 5.92 Å². The molecule has 0 aromatic heterocycles. The van der Waals surface area contributed by atoms with Crippen LogP contribution >= 0.6 is 0 Å². The van der Waals surface area contributed by atoms with Crippen molar-refractivity contribution in [1.29, 1.82) is 0 Å². The number of benzene rings is 1. The first-order chi connectivity index (χ1) is 11.8. The molecule has 1 aromatic carbocycles. The van der Waals surface area contributed by atoms with Crippen LogP contribution in [-0.4, -0.2) is 49.7 Å². The highest BCUT2D eigenvalue weighted by molar-refractivity contribution is 7.89. The molecule has 0 saturated carbocycles. The van der Waals surface area contributed by atoms with Crippen LogP contribution in [0, 0.1) is 12.8 Å². The highest BCUT2D eigenvalue weighted by Gasteiger charge is 2.33. The summed E-state index contributed by atoms with van der Waals surface area (Å²) in [6, 6.07) is 6.90. The smallest absolute Gasteiger partial charge is 0.243 e. The van der Waals surface area contributed by atoms with E-state index >= 15 is 0 Å². The number of piperidine rings is 1. The number of carbonyl (C=O) groups is 1. The Kier molecular flexibility index (Phi) is 6.41. The van der Waals surface area contributed by atoms with Crippen molar-refractivity contribution < 1.29 is 13.2 Å². The predicted molar refractivity (Wildman–Crippen MR) is 99.7 cm³/mol. The van der Waals surface area contributed by atoms with Crippen molar-refractivity contribution in [3.05, 3.63) is 42.0 Å². The van der Waals surface area contributed by atoms with E-state index in [0.29, 0.717) is 43.9 Å². The molecule has 6 heteroatoms. The third-order valence-electron chi connectivity index (χ3n) is 4.62. The Labute approximate surface area is 151 Å². The maximum Gasteiger partial charge on any atom is 0.243 e. The van der Waals surface area contributed by atoms with Crippen LogP contribution in [-0.2, 0) is 14.8 Å². The van der Waals surface area contributed by atoms with Gasteiger partial charge in [0.1, 0.15) is 0 Å². The van der Waals surface area contributed by atoms with E-state index in [0.717, 1.165) is 11.1 Å². The lowest BCUT2D eigenvalue weighted by molar-refractivity contribution is -0.136. The molecule has 1 aliphatic rings. The van der Waals surface area contributed by atoms with Crippen LogP contribution < -0.4 is 0 Å². The maximum atomic E-state index is 12.7. The Morgan fingerprint density at radius 1 is 1.24 bits per heavy atom. The number of sulfonamides is 1. The fourth-order valence-corrected chi connectivity index (χ4v) is 4.60. The Morgan fingerprint density at radius 3 is 2.28 bits per heavy atom. The first kappa shape index (κ1) is 19.7. The number of carbonyl (C=O) groups excluding carboxylic acids is 1. The minimum Gasteiger partial charge on any atom is -0.339 e. The summed E-state index contributed by atoms with van der Waals surface area (Å²) in [5.41, 5.74) is 1.98. The first-order valence-corrected chi connectivity index (χ1v) is 10.2. The summed E-state index contributed by atoms with van der Waals surface area (Å²) in [6.45, 7) is 11.7. The van der Waals surface area contributed by atoms with E-state index in [1.54, 1.807) is 29.2 Å². The number of aryl methyl sites for hydroxylation is 1. The zero-order valence-corrected chi connectivity index (χ0v) is 16.2. The van der Waals surface area contributed by atoms with Gasteiger partial charge in [0.25, 0.3) is 0 Å². The molecule has 1 amide bonds. The Hall–Kier alpha value is -1.66. The minimum absolute atomic E-state index is 0.108. The van der Waals surface area contributed by atoms with Crippen molar-refractivity contribution in [3.63, 3.8) is 0 Å². The van der Waals surface area contributed by atoms with Crippen LogP contribution in [0.2, 0.25) is 0 Å². The van der Waals surface area contributed by atoms with Crippen LogP contribution in [0.1, 0.15) is 32.3 Å². The molecule has 1 saturated heterocycles. The lowest BCUT2D eigenvalue weighted by Crippen LogP contribution is -2.44. The Morgan fingerprint density at radius 2 is 1.80 bits per heavy atom. The number of hydrogen-bond acceptors (Lipinski definition) is 3. The van der Waals surface area contributed by atoms with Gasteiger partial charge >= 0.3 is 0 Å². The average Bonchev–Trinajstić information content (AvgIpc) is 2.59. The van der Waals surface area contributed by atoms with Gasteiger partial charge in [-0.15, -0.1) is 0 Å². The van der Waals surface area contributed by atoms with Crippen molar-refractivity contribution in [1.82, 2.24) is 9.21 Å². The number of likely N-dealkylation sites (N-methyl/N-ethyl adjacent to an activating group) is 1. The highest BCUT2D eigenvalue weighted by atomic mass is 32.2. The number of rotatable bonds is 6. The van der Waals surface area contributed by atoms with Crippen LogP contribution in [0.25, 0.3) is 0 Å². The summed E-state index contributed by atoms with van der Waals surface area (Å²) in [4.78, 5) is 14.8. The fourth-order valence-electron chi connectivity index (χ4n) is 3.13. The fraction of sp³-hybridized carbons (Fsp3) is 0.526. The molecule has 2 rings (SSSR count). The molecule has 0 N–H and O–H groups in total. The van der Waals surface area contributed by atoms with Gasteiger partial charge in [0.05, 0.1) is 4.90 Å². The SMILES string of the molecule is C=C(C)CN(CC)C(=O)C1CCN(S(=O)(=O)c2ccc(C)cc2)CC1. The molecular formula is C19H28N2O3S. The molecule has 138 valence electrons. The molecule has 1 aliphatic heterocycles. The molecule has 0 spiro atoms. The van der Waals surface area contributed by atoms with Gasteiger partial charge in [0.2, 0.25) is 15.9 Å². The van der Waals surface area contributed by atoms with E-state index < -0.39 is 10.0 Å². The largest absolute Gasteiger partial charge is 0.339 e. The van der Waals surface area contributed by atoms with E-state index in [2.05, 4.69) is 6.58 Å². The van der Waals surface area contributed by atoms with Gasteiger partial charge in [-0.2, -0.15) is 4.31 Å². The zero-order chi connectivity index (χ0) is 18.6. The lowest BCUT2D eigenvalue weighted by atomic mass is 9.96. The third kappa shape index (κ3) is 4.70. The van der Waals surface area contributed by atoms with E-state index in [1.807, 2.05) is 20.8 Å². The average molecular weight is 365 g/mol. The van der Waals surface area contributed by atoms with E-state index in [4.69, 9.17) is 0 Å². The van der Waals surface area contributed by atoms with Gasteiger partial charge in [-0.1, -0.05) is 29.8 Å². The molecular weight excluding hydrogens is 336 g/mol. The van der Waals surface area contributed by atoms with Crippen LogP contribution in [0.15, 0.2) is 41.3 Å². The Bertz CT molecular complexity index is 718. The summed E-state index contributed by atoms with van der Waals surface area (Å²) in [6.07, 6.45) is 1.13. The minimum atomic E-state index is -3.48. The molecule has 25 heavy (non-hydrogen) atoms. The molecule has 1 fully saturated rings. The third-order valence-corrected chi connectivity index (χ3v) is 6.53. The van der Waals surface area contributed by atoms with Gasteiger partial charge in [-0.3, -0.25) is 4.79 Å². The summed E-state index contributed by atoms with van der Waals surface area (Å²) >= 11 is 0. The van der Waals surface area contributed by atoms with Crippen LogP contribution in [0.3, 0.4) is 0 Å². The first-order valence-electron chi connectivity index (χ1n) is 8.75. The monoisotopic (exact) mass is 364 g/mol. The Balaban J connectivity index is 2.02. The highest BCUT2D eigenvalue weighted by Crippen LogP contribution is 2.25. The normalized spacial score (nSPS) is 16.6. The molecule has 0 radical (unpaired) electrons. The van der Waals surface area contributed by atoms with Crippen molar-refractivity contribution in [2.75, 3.05) is 26.2 Å². The maximum absolute atomic E-state index is 12.7. The molecule has 0 aliphatic carbocycles. The van der Waals surface area contributed by atoms with Gasteiger partial charge in [-0.25, -0.2) is 8.42 Å². The molecule has 0 atom stereocenters. The second-order valence-corrected chi connectivity index (χ2v) is 8.74. The number of amides is 1. The van der Waals surface area contributed by atoms with E-state index in [1.165, 1.54) is 4.31 Å². The second-order valence-electron chi connectivity index (χ2n) is 6.80. The summed E-state index contributed by atoms with van der Waals surface area (Å²) < 4.78 is 27.0. The predicted octanol–water partition coefficient (Wildman–Crippen LogP) is 2.82.